The summed E-state index contributed by atoms with van der Waals surface area (Å²) in [7, 11) is 0. The lowest BCUT2D eigenvalue weighted by Gasteiger charge is -2.13. The number of hydrogen-bond acceptors (Lipinski definition) is 4. The monoisotopic (exact) mass is 314 g/mol. The molecule has 1 aromatic heterocycles. The molecule has 3 rings (SSSR count). The van der Waals surface area contributed by atoms with Gasteiger partial charge in [-0.2, -0.15) is 0 Å². The summed E-state index contributed by atoms with van der Waals surface area (Å²) in [5.74, 6) is 1.67. The van der Waals surface area contributed by atoms with Crippen LogP contribution in [0.25, 0.3) is 11.5 Å². The molecule has 1 atom stereocenters. The summed E-state index contributed by atoms with van der Waals surface area (Å²) < 4.78 is 11.6. The van der Waals surface area contributed by atoms with Crippen molar-refractivity contribution >= 4 is 11.6 Å². The fourth-order valence-corrected chi connectivity index (χ4v) is 2.26. The maximum atomic E-state index is 5.98. The summed E-state index contributed by atoms with van der Waals surface area (Å²) in [6.07, 6.45) is 0.453. The molecule has 0 saturated heterocycles. The number of aromatic nitrogens is 2. The zero-order chi connectivity index (χ0) is 15.4. The zero-order valence-corrected chi connectivity index (χ0v) is 12.8. The van der Waals surface area contributed by atoms with Crippen LogP contribution in [0.3, 0.4) is 0 Å². The topological polar surface area (TPSA) is 48.2 Å². The van der Waals surface area contributed by atoms with Gasteiger partial charge in [0.1, 0.15) is 5.75 Å². The number of para-hydroxylation sites is 1. The number of nitrogens with zero attached hydrogens (tertiary/aromatic N) is 2. The van der Waals surface area contributed by atoms with Gasteiger partial charge in [0.2, 0.25) is 5.89 Å². The average Bonchev–Trinajstić information content (AvgIpc) is 3.03. The van der Waals surface area contributed by atoms with Crippen LogP contribution >= 0.6 is 11.6 Å². The Bertz CT molecular complexity index is 743. The maximum Gasteiger partial charge on any atom is 0.257 e. The van der Waals surface area contributed by atoms with Crippen LogP contribution < -0.4 is 4.74 Å². The summed E-state index contributed by atoms with van der Waals surface area (Å²) in [5.41, 5.74) is 0.792. The van der Waals surface area contributed by atoms with E-state index >= 15 is 0 Å². The molecule has 4 nitrogen and oxygen atoms in total. The fraction of sp³-hybridized carbons (Fsp3) is 0.176. The highest BCUT2D eigenvalue weighted by atomic mass is 35.5. The van der Waals surface area contributed by atoms with Crippen molar-refractivity contribution in [2.45, 2.75) is 19.4 Å². The van der Waals surface area contributed by atoms with Crippen LogP contribution in [-0.4, -0.2) is 10.2 Å². The predicted molar refractivity (Wildman–Crippen MR) is 84.8 cm³/mol. The molecule has 2 aromatic carbocycles. The Hall–Kier alpha value is -2.33. The summed E-state index contributed by atoms with van der Waals surface area (Å²) in [6, 6.07) is 16.9. The molecule has 22 heavy (non-hydrogen) atoms. The lowest BCUT2D eigenvalue weighted by Crippen LogP contribution is -2.06. The molecule has 0 fully saturated rings. The fourth-order valence-electron chi connectivity index (χ4n) is 2.07. The van der Waals surface area contributed by atoms with Crippen molar-refractivity contribution in [3.8, 4) is 17.2 Å². The van der Waals surface area contributed by atoms with Crippen molar-refractivity contribution < 1.29 is 9.15 Å². The third kappa shape index (κ3) is 3.28. The SMILES string of the molecule is CCC(Oc1ccccc1)c1nnc(-c2cccc(Cl)c2)o1. The molecule has 0 saturated carbocycles. The van der Waals surface area contributed by atoms with Gasteiger partial charge in [-0.15, -0.1) is 10.2 Å². The molecule has 0 aliphatic heterocycles. The van der Waals surface area contributed by atoms with Crippen LogP contribution in [0.1, 0.15) is 25.3 Å². The number of hydrogen-bond donors (Lipinski definition) is 0. The third-order valence-electron chi connectivity index (χ3n) is 3.18. The van der Waals surface area contributed by atoms with Crippen molar-refractivity contribution in [1.29, 1.82) is 0 Å². The normalized spacial score (nSPS) is 12.1. The Kier molecular flexibility index (Phi) is 4.39. The molecule has 112 valence electrons. The molecule has 0 bridgehead atoms. The molecule has 0 aliphatic carbocycles. The van der Waals surface area contributed by atoms with E-state index in [1.165, 1.54) is 0 Å². The Morgan fingerprint density at radius 2 is 1.91 bits per heavy atom. The van der Waals surface area contributed by atoms with Crippen LogP contribution in [0.4, 0.5) is 0 Å². The Balaban J connectivity index is 1.82. The molecule has 0 N–H and O–H groups in total. The van der Waals surface area contributed by atoms with E-state index < -0.39 is 0 Å². The van der Waals surface area contributed by atoms with Crippen molar-refractivity contribution in [2.24, 2.45) is 0 Å². The van der Waals surface area contributed by atoms with Crippen LogP contribution in [0.2, 0.25) is 5.02 Å². The lowest BCUT2D eigenvalue weighted by atomic mass is 10.2. The maximum absolute atomic E-state index is 5.98. The van der Waals surface area contributed by atoms with Gasteiger partial charge in [0.15, 0.2) is 6.10 Å². The number of ether oxygens (including phenoxy) is 1. The first-order valence-corrected chi connectivity index (χ1v) is 7.45. The van der Waals surface area contributed by atoms with E-state index in [4.69, 9.17) is 20.8 Å². The lowest BCUT2D eigenvalue weighted by molar-refractivity contribution is 0.166. The Labute approximate surface area is 133 Å². The van der Waals surface area contributed by atoms with E-state index in [1.54, 1.807) is 12.1 Å². The third-order valence-corrected chi connectivity index (χ3v) is 3.42. The van der Waals surface area contributed by atoms with E-state index in [0.717, 1.165) is 17.7 Å². The van der Waals surface area contributed by atoms with Gasteiger partial charge >= 0.3 is 0 Å². The molecular weight excluding hydrogens is 300 g/mol. The summed E-state index contributed by atoms with van der Waals surface area (Å²) in [5, 5.41) is 8.82. The average molecular weight is 315 g/mol. The van der Waals surface area contributed by atoms with Gasteiger partial charge < -0.3 is 9.15 Å². The van der Waals surface area contributed by atoms with E-state index in [1.807, 2.05) is 49.4 Å². The van der Waals surface area contributed by atoms with Crippen LogP contribution in [-0.2, 0) is 0 Å². The summed E-state index contributed by atoms with van der Waals surface area (Å²) >= 11 is 5.98. The summed E-state index contributed by atoms with van der Waals surface area (Å²) in [4.78, 5) is 0. The van der Waals surface area contributed by atoms with Gasteiger partial charge in [-0.25, -0.2) is 0 Å². The molecule has 0 aliphatic rings. The van der Waals surface area contributed by atoms with E-state index in [-0.39, 0.29) is 6.10 Å². The van der Waals surface area contributed by atoms with E-state index in [2.05, 4.69) is 10.2 Å². The van der Waals surface area contributed by atoms with Gasteiger partial charge in [0.05, 0.1) is 0 Å². The molecule has 0 radical (unpaired) electrons. The van der Waals surface area contributed by atoms with Crippen molar-refractivity contribution in [2.75, 3.05) is 0 Å². The molecule has 3 aromatic rings. The van der Waals surface area contributed by atoms with E-state index in [9.17, 15) is 0 Å². The van der Waals surface area contributed by atoms with Crippen molar-refractivity contribution in [3.05, 3.63) is 65.5 Å². The van der Waals surface area contributed by atoms with Gasteiger partial charge in [-0.05, 0) is 36.8 Å². The molecule has 0 amide bonds. The number of rotatable bonds is 5. The molecular formula is C17H15ClN2O2. The second kappa shape index (κ2) is 6.62. The summed E-state index contributed by atoms with van der Waals surface area (Å²) in [6.45, 7) is 2.01. The molecule has 1 heterocycles. The highest BCUT2D eigenvalue weighted by molar-refractivity contribution is 6.30. The van der Waals surface area contributed by atoms with E-state index in [0.29, 0.717) is 16.8 Å². The standard InChI is InChI=1S/C17H15ClN2O2/c1-2-15(21-14-9-4-3-5-10-14)17-20-19-16(22-17)12-7-6-8-13(18)11-12/h3-11,15H,2H2,1H3. The molecule has 0 spiro atoms. The number of halogens is 1. The first kappa shape index (κ1) is 14.6. The molecule has 1 unspecified atom stereocenters. The van der Waals surface area contributed by atoms with Crippen LogP contribution in [0, 0.1) is 0 Å². The minimum Gasteiger partial charge on any atom is -0.481 e. The van der Waals surface area contributed by atoms with Gasteiger partial charge in [-0.1, -0.05) is 42.8 Å². The van der Waals surface area contributed by atoms with Gasteiger partial charge in [-0.3, -0.25) is 0 Å². The van der Waals surface area contributed by atoms with Gasteiger partial charge in [0.25, 0.3) is 5.89 Å². The highest BCUT2D eigenvalue weighted by Crippen LogP contribution is 2.27. The quantitative estimate of drug-likeness (QED) is 0.670. The second-order valence-electron chi connectivity index (χ2n) is 4.78. The van der Waals surface area contributed by atoms with Crippen LogP contribution in [0.5, 0.6) is 5.75 Å². The predicted octanol–water partition coefficient (Wildman–Crippen LogP) is 4.92. The largest absolute Gasteiger partial charge is 0.481 e. The second-order valence-corrected chi connectivity index (χ2v) is 5.22. The van der Waals surface area contributed by atoms with Crippen molar-refractivity contribution in [1.82, 2.24) is 10.2 Å². The van der Waals surface area contributed by atoms with Gasteiger partial charge in [0, 0.05) is 10.6 Å². The van der Waals surface area contributed by atoms with Crippen LogP contribution in [0.15, 0.2) is 59.0 Å². The highest BCUT2D eigenvalue weighted by Gasteiger charge is 2.19. The zero-order valence-electron chi connectivity index (χ0n) is 12.1. The minimum absolute atomic E-state index is 0.275. The van der Waals surface area contributed by atoms with Crippen molar-refractivity contribution in [3.63, 3.8) is 0 Å². The first-order chi connectivity index (χ1) is 10.8. The smallest absolute Gasteiger partial charge is 0.257 e. The first-order valence-electron chi connectivity index (χ1n) is 7.07. The Morgan fingerprint density at radius 1 is 1.09 bits per heavy atom. The Morgan fingerprint density at radius 3 is 2.64 bits per heavy atom. The number of benzene rings is 2. The minimum atomic E-state index is -0.275. The molecule has 5 heteroatoms.